The van der Waals surface area contributed by atoms with Gasteiger partial charge in [0.25, 0.3) is 23.6 Å². The molecule has 5 aromatic rings. The highest BCUT2D eigenvalue weighted by molar-refractivity contribution is 6.28. The first kappa shape index (κ1) is 35.3. The van der Waals surface area contributed by atoms with E-state index in [1.165, 1.54) is 9.80 Å². The van der Waals surface area contributed by atoms with Gasteiger partial charge < -0.3 is 0 Å². The van der Waals surface area contributed by atoms with Crippen LogP contribution in [0.1, 0.15) is 133 Å². The van der Waals surface area contributed by atoms with Gasteiger partial charge in [0.1, 0.15) is 0 Å². The van der Waals surface area contributed by atoms with Crippen LogP contribution in [0.2, 0.25) is 0 Å². The van der Waals surface area contributed by atoms with E-state index in [0.717, 1.165) is 108 Å². The lowest BCUT2D eigenvalue weighted by Crippen LogP contribution is -2.46. The van der Waals surface area contributed by atoms with Gasteiger partial charge in [-0.3, -0.25) is 29.0 Å². The minimum absolute atomic E-state index is 0.114. The Balaban J connectivity index is 1.22. The van der Waals surface area contributed by atoms with E-state index in [-0.39, 0.29) is 35.7 Å². The summed E-state index contributed by atoms with van der Waals surface area (Å²) < 4.78 is 0. The number of imide groups is 2. The summed E-state index contributed by atoms with van der Waals surface area (Å²) in [6.07, 6.45) is 9.45. The summed E-state index contributed by atoms with van der Waals surface area (Å²) in [5, 5.41) is 3.21. The minimum atomic E-state index is -0.205. The molecule has 2 aliphatic rings. The molecule has 1 unspecified atom stereocenters. The Kier molecular flexibility index (Phi) is 10.1. The van der Waals surface area contributed by atoms with Gasteiger partial charge in [-0.25, -0.2) is 0 Å². The number of unbranched alkanes of at least 4 members (excludes halogenated alkanes) is 4. The van der Waals surface area contributed by atoms with Crippen molar-refractivity contribution in [2.75, 3.05) is 0 Å². The molecule has 6 nitrogen and oxygen atoms in total. The Hall–Kier alpha value is -5.10. The molecule has 4 amide bonds. The maximum Gasteiger partial charge on any atom is 0.261 e. The molecule has 0 spiro atoms. The highest BCUT2D eigenvalue weighted by Gasteiger charge is 2.38. The van der Waals surface area contributed by atoms with Gasteiger partial charge in [0, 0.05) is 45.1 Å². The number of rotatable bonds is 14. The summed E-state index contributed by atoms with van der Waals surface area (Å²) >= 11 is 0. The van der Waals surface area contributed by atoms with Gasteiger partial charge in [-0.1, -0.05) is 127 Å². The van der Waals surface area contributed by atoms with Crippen LogP contribution in [0.4, 0.5) is 0 Å². The van der Waals surface area contributed by atoms with Crippen molar-refractivity contribution in [2.45, 2.75) is 104 Å². The molecular weight excluding hydrogens is 645 g/mol. The smallest absolute Gasteiger partial charge is 0.261 e. The molecule has 0 bridgehead atoms. The monoisotopic (exact) mass is 692 g/mol. The average Bonchev–Trinajstić information content (AvgIpc) is 3.17. The third kappa shape index (κ3) is 5.92. The Morgan fingerprint density at radius 2 is 0.769 bits per heavy atom. The van der Waals surface area contributed by atoms with E-state index in [4.69, 9.17) is 0 Å². The summed E-state index contributed by atoms with van der Waals surface area (Å²) in [5.41, 5.74) is 6.17. The minimum Gasteiger partial charge on any atom is -0.271 e. The highest BCUT2D eigenvalue weighted by atomic mass is 16.2. The van der Waals surface area contributed by atoms with E-state index in [1.54, 1.807) is 0 Å². The maximum atomic E-state index is 13.9. The molecule has 0 aromatic heterocycles. The van der Waals surface area contributed by atoms with Gasteiger partial charge in [0.2, 0.25) is 0 Å². The third-order valence-electron chi connectivity index (χ3n) is 11.3. The van der Waals surface area contributed by atoms with Crippen molar-refractivity contribution >= 4 is 45.2 Å². The maximum absolute atomic E-state index is 13.9. The summed E-state index contributed by atoms with van der Waals surface area (Å²) in [6.45, 7) is 8.42. The van der Waals surface area contributed by atoms with E-state index in [2.05, 4.69) is 52.0 Å². The van der Waals surface area contributed by atoms with Crippen LogP contribution in [0.15, 0.2) is 84.9 Å². The summed E-state index contributed by atoms with van der Waals surface area (Å²) in [7, 11) is 0. The van der Waals surface area contributed by atoms with Gasteiger partial charge in [0.05, 0.1) is 0 Å². The zero-order valence-corrected chi connectivity index (χ0v) is 30.8. The predicted molar refractivity (Wildman–Crippen MR) is 210 cm³/mol. The van der Waals surface area contributed by atoms with E-state index < -0.39 is 0 Å². The molecule has 52 heavy (non-hydrogen) atoms. The van der Waals surface area contributed by atoms with Gasteiger partial charge in [0.15, 0.2) is 0 Å². The molecule has 266 valence electrons. The van der Waals surface area contributed by atoms with E-state index >= 15 is 0 Å². The van der Waals surface area contributed by atoms with Crippen LogP contribution in [0.3, 0.4) is 0 Å². The van der Waals surface area contributed by atoms with Crippen LogP contribution in [-0.2, 0) is 0 Å². The lowest BCUT2D eigenvalue weighted by Gasteiger charge is -2.34. The third-order valence-corrected chi connectivity index (χ3v) is 11.3. The number of hydrogen-bond donors (Lipinski definition) is 0. The standard InChI is InChI=1S/C46H48N2O4/c1-5-9-11-15-31(7-3)47-43(49)37-19-13-17-35-33(25-27-39(41(35)37)45(47)51)29-21-23-30(24-22-29)34-26-28-40-42-36(34)18-14-20-38(42)44(50)48(46(40)52)32(8-4)16-12-10-6-2/h13-14,17-28,31-32H,5-12,15-16H2,1-4H3/t31-,32?/m0/s1. The Morgan fingerprint density at radius 1 is 0.423 bits per heavy atom. The van der Waals surface area contributed by atoms with Gasteiger partial charge in [-0.15, -0.1) is 0 Å². The van der Waals surface area contributed by atoms with E-state index in [1.807, 2.05) is 60.7 Å². The van der Waals surface area contributed by atoms with Crippen LogP contribution < -0.4 is 0 Å². The van der Waals surface area contributed by atoms with Crippen molar-refractivity contribution < 1.29 is 19.2 Å². The van der Waals surface area contributed by atoms with Crippen molar-refractivity contribution in [3.8, 4) is 22.3 Å². The first-order chi connectivity index (χ1) is 25.3. The van der Waals surface area contributed by atoms with Gasteiger partial charge in [-0.05, 0) is 83.0 Å². The quantitative estimate of drug-likeness (QED) is 0.0857. The van der Waals surface area contributed by atoms with Crippen molar-refractivity contribution in [1.82, 2.24) is 9.80 Å². The van der Waals surface area contributed by atoms with Crippen molar-refractivity contribution in [1.29, 1.82) is 0 Å². The summed E-state index contributed by atoms with van der Waals surface area (Å²) in [6, 6.07) is 27.3. The molecule has 0 fully saturated rings. The number of carbonyl (C=O) groups is 4. The SMILES string of the molecule is CCCCCC(CC)N1C(=O)c2cccc3c(-c4ccc(-c5ccc6c7c(cccc57)C(=O)N([C@@H](CC)CCCCC)C6=O)cc4)ccc(c23)C1=O. The molecule has 2 aliphatic heterocycles. The summed E-state index contributed by atoms with van der Waals surface area (Å²) in [4.78, 5) is 58.6. The Labute approximate surface area is 306 Å². The second-order valence-electron chi connectivity index (χ2n) is 14.4. The first-order valence-corrected chi connectivity index (χ1v) is 19.3. The fourth-order valence-corrected chi connectivity index (χ4v) is 8.52. The zero-order chi connectivity index (χ0) is 36.5. The molecule has 5 aromatic carbocycles. The molecule has 0 saturated carbocycles. The van der Waals surface area contributed by atoms with Crippen molar-refractivity contribution in [3.05, 3.63) is 107 Å². The topological polar surface area (TPSA) is 74.8 Å². The number of nitrogens with zero attached hydrogens (tertiary/aromatic N) is 2. The largest absolute Gasteiger partial charge is 0.271 e. The van der Waals surface area contributed by atoms with Crippen LogP contribution >= 0.6 is 0 Å². The van der Waals surface area contributed by atoms with Crippen LogP contribution in [0.5, 0.6) is 0 Å². The second kappa shape index (κ2) is 14.9. The molecule has 2 atom stereocenters. The molecule has 0 N–H and O–H groups in total. The van der Waals surface area contributed by atoms with Crippen molar-refractivity contribution in [2.24, 2.45) is 0 Å². The second-order valence-corrected chi connectivity index (χ2v) is 14.4. The lowest BCUT2D eigenvalue weighted by atomic mass is 9.86. The Morgan fingerprint density at radius 3 is 1.12 bits per heavy atom. The molecule has 6 heteroatoms. The van der Waals surface area contributed by atoms with E-state index in [9.17, 15) is 19.2 Å². The van der Waals surface area contributed by atoms with Gasteiger partial charge >= 0.3 is 0 Å². The average molecular weight is 693 g/mol. The first-order valence-electron chi connectivity index (χ1n) is 19.3. The number of hydrogen-bond acceptors (Lipinski definition) is 4. The highest BCUT2D eigenvalue weighted by Crippen LogP contribution is 2.41. The fourth-order valence-electron chi connectivity index (χ4n) is 8.52. The predicted octanol–water partition coefficient (Wildman–Crippen LogP) is 11.2. The van der Waals surface area contributed by atoms with Gasteiger partial charge in [-0.2, -0.15) is 0 Å². The van der Waals surface area contributed by atoms with E-state index in [0.29, 0.717) is 22.3 Å². The molecular formula is C46H48N2O4. The van der Waals surface area contributed by atoms with Crippen LogP contribution in [-0.4, -0.2) is 45.5 Å². The molecule has 0 radical (unpaired) electrons. The van der Waals surface area contributed by atoms with Crippen LogP contribution in [0, 0.1) is 0 Å². The number of benzene rings is 5. The molecule has 0 saturated heterocycles. The molecule has 2 heterocycles. The molecule has 0 aliphatic carbocycles. The summed E-state index contributed by atoms with van der Waals surface area (Å²) in [5.74, 6) is -0.820. The lowest BCUT2D eigenvalue weighted by molar-refractivity contribution is 0.0508. The Bertz CT molecular complexity index is 2000. The molecule has 7 rings (SSSR count). The van der Waals surface area contributed by atoms with Crippen molar-refractivity contribution in [3.63, 3.8) is 0 Å². The fraction of sp³-hybridized carbons (Fsp3) is 0.348. The normalized spacial score (nSPS) is 15.2. The number of carbonyl (C=O) groups excluding carboxylic acids is 4. The number of amides is 4. The zero-order valence-electron chi connectivity index (χ0n) is 30.8. The van der Waals surface area contributed by atoms with Crippen LogP contribution in [0.25, 0.3) is 43.8 Å².